The molecule has 0 spiro atoms. The standard InChI is InChI=1S/C19H30F2O2/c1-13-11-22-19(23-12-13)17-8-6-16(7-9-17)15-4-2-14(3-5-15)10-18(20)21/h10,13-17,19H,2-9,11-12H2,1H3. The van der Waals surface area contributed by atoms with E-state index in [4.69, 9.17) is 9.47 Å². The molecule has 0 amide bonds. The van der Waals surface area contributed by atoms with E-state index in [9.17, 15) is 8.78 Å². The third-order valence-electron chi connectivity index (χ3n) is 6.14. The molecular formula is C19H30F2O2. The first-order valence-corrected chi connectivity index (χ1v) is 9.38. The van der Waals surface area contributed by atoms with Crippen LogP contribution >= 0.6 is 0 Å². The number of allylic oxidation sites excluding steroid dienone is 1. The molecule has 0 aromatic carbocycles. The Kier molecular flexibility index (Phi) is 6.08. The summed E-state index contributed by atoms with van der Waals surface area (Å²) in [5.74, 6) is 2.71. The van der Waals surface area contributed by atoms with Crippen LogP contribution in [0.25, 0.3) is 0 Å². The van der Waals surface area contributed by atoms with Gasteiger partial charge in [0.1, 0.15) is 0 Å². The predicted octanol–water partition coefficient (Wildman–Crippen LogP) is 5.39. The van der Waals surface area contributed by atoms with Crippen LogP contribution in [0.5, 0.6) is 0 Å². The molecule has 4 heteroatoms. The largest absolute Gasteiger partial charge is 0.352 e. The molecule has 0 bridgehead atoms. The predicted molar refractivity (Wildman–Crippen MR) is 86.1 cm³/mol. The zero-order valence-electron chi connectivity index (χ0n) is 14.2. The highest BCUT2D eigenvalue weighted by atomic mass is 19.3. The number of ether oxygens (including phenoxy) is 2. The molecule has 3 aliphatic rings. The highest BCUT2D eigenvalue weighted by molar-refractivity contribution is 4.92. The van der Waals surface area contributed by atoms with Crippen molar-refractivity contribution in [3.63, 3.8) is 0 Å². The number of halogens is 2. The molecule has 1 aliphatic heterocycles. The maximum atomic E-state index is 12.4. The first-order valence-electron chi connectivity index (χ1n) is 9.38. The first-order chi connectivity index (χ1) is 11.1. The second-order valence-electron chi connectivity index (χ2n) is 7.95. The lowest BCUT2D eigenvalue weighted by molar-refractivity contribution is -0.227. The van der Waals surface area contributed by atoms with Gasteiger partial charge in [0.15, 0.2) is 6.29 Å². The van der Waals surface area contributed by atoms with Gasteiger partial charge >= 0.3 is 0 Å². The Morgan fingerprint density at radius 1 is 0.783 bits per heavy atom. The van der Waals surface area contributed by atoms with E-state index in [2.05, 4.69) is 6.92 Å². The Hall–Kier alpha value is -0.480. The maximum Gasteiger partial charge on any atom is 0.266 e. The summed E-state index contributed by atoms with van der Waals surface area (Å²) in [6.45, 7) is 3.81. The van der Waals surface area contributed by atoms with Crippen molar-refractivity contribution in [1.82, 2.24) is 0 Å². The van der Waals surface area contributed by atoms with Gasteiger partial charge in [-0.25, -0.2) is 0 Å². The summed E-state index contributed by atoms with van der Waals surface area (Å²) >= 11 is 0. The van der Waals surface area contributed by atoms with Gasteiger partial charge in [-0.3, -0.25) is 0 Å². The van der Waals surface area contributed by atoms with Crippen LogP contribution in [-0.2, 0) is 9.47 Å². The van der Waals surface area contributed by atoms with Crippen molar-refractivity contribution in [2.45, 2.75) is 64.6 Å². The number of hydrogen-bond acceptors (Lipinski definition) is 2. The lowest BCUT2D eigenvalue weighted by Gasteiger charge is -2.40. The third-order valence-corrected chi connectivity index (χ3v) is 6.14. The second-order valence-corrected chi connectivity index (χ2v) is 7.95. The molecule has 3 rings (SSSR count). The van der Waals surface area contributed by atoms with Crippen molar-refractivity contribution in [3.05, 3.63) is 12.2 Å². The van der Waals surface area contributed by atoms with E-state index in [1.807, 2.05) is 0 Å². The molecule has 0 aromatic rings. The molecule has 3 fully saturated rings. The van der Waals surface area contributed by atoms with Crippen LogP contribution in [0.3, 0.4) is 0 Å². The van der Waals surface area contributed by atoms with Crippen LogP contribution in [0.4, 0.5) is 8.78 Å². The van der Waals surface area contributed by atoms with Gasteiger partial charge in [-0.05, 0) is 75.2 Å². The zero-order valence-corrected chi connectivity index (χ0v) is 14.2. The van der Waals surface area contributed by atoms with Gasteiger partial charge in [0, 0.05) is 11.8 Å². The topological polar surface area (TPSA) is 18.5 Å². The molecule has 2 saturated carbocycles. The molecule has 1 heterocycles. The van der Waals surface area contributed by atoms with Crippen LogP contribution < -0.4 is 0 Å². The van der Waals surface area contributed by atoms with E-state index < -0.39 is 6.08 Å². The van der Waals surface area contributed by atoms with Crippen LogP contribution in [0.2, 0.25) is 0 Å². The summed E-state index contributed by atoms with van der Waals surface area (Å²) < 4.78 is 36.4. The van der Waals surface area contributed by atoms with Gasteiger partial charge < -0.3 is 9.47 Å². The molecule has 2 nitrogen and oxygen atoms in total. The van der Waals surface area contributed by atoms with Crippen LogP contribution in [-0.4, -0.2) is 19.5 Å². The number of hydrogen-bond donors (Lipinski definition) is 0. The van der Waals surface area contributed by atoms with Gasteiger partial charge in [0.05, 0.1) is 13.2 Å². The van der Waals surface area contributed by atoms with E-state index >= 15 is 0 Å². The van der Waals surface area contributed by atoms with Crippen LogP contribution in [0.1, 0.15) is 58.3 Å². The average molecular weight is 328 g/mol. The average Bonchev–Trinajstić information content (AvgIpc) is 2.56. The summed E-state index contributed by atoms with van der Waals surface area (Å²) in [6, 6.07) is 0. The van der Waals surface area contributed by atoms with Crippen molar-refractivity contribution < 1.29 is 18.3 Å². The lowest BCUT2D eigenvalue weighted by atomic mass is 9.69. The minimum atomic E-state index is -1.50. The van der Waals surface area contributed by atoms with Gasteiger partial charge in [0.25, 0.3) is 6.08 Å². The highest BCUT2D eigenvalue weighted by Crippen LogP contribution is 2.43. The molecule has 23 heavy (non-hydrogen) atoms. The minimum absolute atomic E-state index is 0.0144. The fourth-order valence-corrected chi connectivity index (χ4v) is 4.74. The molecule has 132 valence electrons. The van der Waals surface area contributed by atoms with Gasteiger partial charge in [-0.15, -0.1) is 0 Å². The molecule has 0 aromatic heterocycles. The van der Waals surface area contributed by atoms with E-state index in [0.29, 0.717) is 11.8 Å². The van der Waals surface area contributed by atoms with Crippen molar-refractivity contribution >= 4 is 0 Å². The van der Waals surface area contributed by atoms with Crippen molar-refractivity contribution in [1.29, 1.82) is 0 Å². The Labute approximate surface area is 138 Å². The normalized spacial score (nSPS) is 42.2. The zero-order chi connectivity index (χ0) is 16.2. The summed E-state index contributed by atoms with van der Waals surface area (Å²) in [4.78, 5) is 0. The smallest absolute Gasteiger partial charge is 0.266 e. The monoisotopic (exact) mass is 328 g/mol. The van der Waals surface area contributed by atoms with Gasteiger partial charge in [-0.2, -0.15) is 8.78 Å². The Morgan fingerprint density at radius 3 is 1.78 bits per heavy atom. The Bertz CT molecular complexity index is 384. The van der Waals surface area contributed by atoms with E-state index in [-0.39, 0.29) is 12.2 Å². The second kappa shape index (κ2) is 8.06. The van der Waals surface area contributed by atoms with Crippen LogP contribution in [0, 0.1) is 29.6 Å². The molecule has 0 N–H and O–H groups in total. The fraction of sp³-hybridized carbons (Fsp3) is 0.895. The van der Waals surface area contributed by atoms with Crippen molar-refractivity contribution in [3.8, 4) is 0 Å². The van der Waals surface area contributed by atoms with E-state index in [1.54, 1.807) is 0 Å². The molecule has 0 radical (unpaired) electrons. The van der Waals surface area contributed by atoms with E-state index in [0.717, 1.165) is 50.7 Å². The molecule has 1 saturated heterocycles. The summed E-state index contributed by atoms with van der Waals surface area (Å²) in [5.41, 5.74) is 0. The summed E-state index contributed by atoms with van der Waals surface area (Å²) in [6.07, 6.45) is 8.71. The van der Waals surface area contributed by atoms with Crippen LogP contribution in [0.15, 0.2) is 12.2 Å². The Morgan fingerprint density at radius 2 is 1.26 bits per heavy atom. The molecule has 0 unspecified atom stereocenters. The fourth-order valence-electron chi connectivity index (χ4n) is 4.74. The van der Waals surface area contributed by atoms with Crippen molar-refractivity contribution in [2.75, 3.05) is 13.2 Å². The lowest BCUT2D eigenvalue weighted by Crippen LogP contribution is -2.38. The summed E-state index contributed by atoms with van der Waals surface area (Å²) in [5, 5.41) is 0. The molecule has 0 atom stereocenters. The quantitative estimate of drug-likeness (QED) is 0.691. The summed E-state index contributed by atoms with van der Waals surface area (Å²) in [7, 11) is 0. The minimum Gasteiger partial charge on any atom is -0.352 e. The molecular weight excluding hydrogens is 298 g/mol. The number of rotatable bonds is 3. The first kappa shape index (κ1) is 17.3. The highest BCUT2D eigenvalue weighted by Gasteiger charge is 2.35. The SMILES string of the molecule is CC1COC(C2CCC(C3CCC(C=C(F)F)CC3)CC2)OC1. The Balaban J connectivity index is 1.40. The van der Waals surface area contributed by atoms with Gasteiger partial charge in [0.2, 0.25) is 0 Å². The van der Waals surface area contributed by atoms with E-state index in [1.165, 1.54) is 31.8 Å². The van der Waals surface area contributed by atoms with Gasteiger partial charge in [-0.1, -0.05) is 6.92 Å². The third kappa shape index (κ3) is 4.76. The maximum absolute atomic E-state index is 12.4. The van der Waals surface area contributed by atoms with Crippen molar-refractivity contribution in [2.24, 2.45) is 29.6 Å². The molecule has 2 aliphatic carbocycles.